The third-order valence-electron chi connectivity index (χ3n) is 5.20. The minimum Gasteiger partial charge on any atom is -0.383 e. The average molecular weight is 377 g/mol. The molecular formula is C20H28FN3O3. The molecule has 1 aromatic carbocycles. The van der Waals surface area contributed by atoms with Crippen molar-refractivity contribution in [2.45, 2.75) is 38.9 Å². The maximum Gasteiger partial charge on any atom is 0.321 e. The van der Waals surface area contributed by atoms with Gasteiger partial charge in [0.2, 0.25) is 5.91 Å². The largest absolute Gasteiger partial charge is 0.383 e. The molecule has 0 unspecified atom stereocenters. The monoisotopic (exact) mass is 377 g/mol. The smallest absolute Gasteiger partial charge is 0.321 e. The molecule has 2 fully saturated rings. The van der Waals surface area contributed by atoms with Gasteiger partial charge in [0, 0.05) is 33.3 Å². The quantitative estimate of drug-likeness (QED) is 0.733. The van der Waals surface area contributed by atoms with Gasteiger partial charge in [0.15, 0.2) is 0 Å². The maximum atomic E-state index is 13.5. The minimum absolute atomic E-state index is 0.00189. The summed E-state index contributed by atoms with van der Waals surface area (Å²) >= 11 is 0. The summed E-state index contributed by atoms with van der Waals surface area (Å²) in [5.74, 6) is -0.0135. The van der Waals surface area contributed by atoms with Gasteiger partial charge in [0.05, 0.1) is 12.6 Å². The lowest BCUT2D eigenvalue weighted by Gasteiger charge is -2.42. The molecule has 2 saturated heterocycles. The second-order valence-electron chi connectivity index (χ2n) is 7.78. The van der Waals surface area contributed by atoms with E-state index in [1.165, 1.54) is 12.1 Å². The van der Waals surface area contributed by atoms with E-state index in [9.17, 15) is 14.0 Å². The van der Waals surface area contributed by atoms with Crippen LogP contribution in [0.2, 0.25) is 0 Å². The second-order valence-corrected chi connectivity index (χ2v) is 7.78. The molecule has 27 heavy (non-hydrogen) atoms. The number of piperazine rings is 1. The van der Waals surface area contributed by atoms with Crippen LogP contribution < -0.4 is 0 Å². The fraction of sp³-hybridized carbons (Fsp3) is 0.600. The molecule has 2 atom stereocenters. The fourth-order valence-electron chi connectivity index (χ4n) is 4.00. The standard InChI is InChI=1S/C20H28FN3O3/c1-14(2)9-18-19(25)22(7-8-27-3)12-17-13-23(20(26)24(17)18)11-15-5-4-6-16(21)10-15/h4-6,10,14,17-18H,7-9,11-13H2,1-3H3/t17-,18+/m1/s1. The van der Waals surface area contributed by atoms with Crippen molar-refractivity contribution in [2.75, 3.05) is 33.4 Å². The Morgan fingerprint density at radius 3 is 2.63 bits per heavy atom. The minimum atomic E-state index is -0.439. The van der Waals surface area contributed by atoms with Crippen LogP contribution in [0.1, 0.15) is 25.8 Å². The molecule has 0 bridgehead atoms. The van der Waals surface area contributed by atoms with Crippen LogP contribution >= 0.6 is 0 Å². The van der Waals surface area contributed by atoms with Crippen molar-refractivity contribution in [2.24, 2.45) is 5.92 Å². The van der Waals surface area contributed by atoms with Gasteiger partial charge >= 0.3 is 6.03 Å². The number of fused-ring (bicyclic) bond motifs is 1. The molecule has 3 amide bonds. The van der Waals surface area contributed by atoms with Gasteiger partial charge in [-0.3, -0.25) is 4.79 Å². The fourth-order valence-corrected chi connectivity index (χ4v) is 4.00. The van der Waals surface area contributed by atoms with Crippen LogP contribution in [0.15, 0.2) is 24.3 Å². The SMILES string of the molecule is COCCN1C[C@@H]2CN(Cc3cccc(F)c3)C(=O)N2[C@@H](CC(C)C)C1=O. The van der Waals surface area contributed by atoms with Crippen LogP contribution in [0.25, 0.3) is 0 Å². The van der Waals surface area contributed by atoms with E-state index in [0.717, 1.165) is 5.56 Å². The summed E-state index contributed by atoms with van der Waals surface area (Å²) in [6.07, 6.45) is 0.637. The molecule has 0 N–H and O–H groups in total. The van der Waals surface area contributed by atoms with E-state index >= 15 is 0 Å². The van der Waals surface area contributed by atoms with Crippen LogP contribution in [0.4, 0.5) is 9.18 Å². The van der Waals surface area contributed by atoms with Gasteiger partial charge < -0.3 is 19.4 Å². The molecule has 2 aliphatic heterocycles. The number of urea groups is 1. The zero-order chi connectivity index (χ0) is 19.6. The Labute approximate surface area is 159 Å². The number of amides is 3. The van der Waals surface area contributed by atoms with Gasteiger partial charge in [-0.05, 0) is 30.0 Å². The maximum absolute atomic E-state index is 13.5. The molecule has 0 aromatic heterocycles. The van der Waals surface area contributed by atoms with E-state index in [4.69, 9.17) is 4.74 Å². The van der Waals surface area contributed by atoms with E-state index in [0.29, 0.717) is 45.1 Å². The first-order valence-electron chi connectivity index (χ1n) is 9.50. The van der Waals surface area contributed by atoms with E-state index in [2.05, 4.69) is 13.8 Å². The number of carbonyl (C=O) groups is 2. The molecule has 2 aliphatic rings. The van der Waals surface area contributed by atoms with E-state index in [-0.39, 0.29) is 23.8 Å². The number of rotatable bonds is 7. The molecule has 3 rings (SSSR count). The van der Waals surface area contributed by atoms with Crippen LogP contribution in [-0.2, 0) is 16.1 Å². The Morgan fingerprint density at radius 2 is 1.96 bits per heavy atom. The molecule has 2 heterocycles. The number of hydrogen-bond acceptors (Lipinski definition) is 3. The molecule has 6 nitrogen and oxygen atoms in total. The topological polar surface area (TPSA) is 53.1 Å². The van der Waals surface area contributed by atoms with Crippen LogP contribution in [0.3, 0.4) is 0 Å². The second kappa shape index (κ2) is 8.25. The van der Waals surface area contributed by atoms with Crippen molar-refractivity contribution < 1.29 is 18.7 Å². The first-order valence-corrected chi connectivity index (χ1v) is 9.50. The predicted molar refractivity (Wildman–Crippen MR) is 99.5 cm³/mol. The van der Waals surface area contributed by atoms with Crippen molar-refractivity contribution in [3.8, 4) is 0 Å². The molecule has 0 radical (unpaired) electrons. The number of ether oxygens (including phenoxy) is 1. The zero-order valence-corrected chi connectivity index (χ0v) is 16.2. The van der Waals surface area contributed by atoms with Crippen molar-refractivity contribution in [3.05, 3.63) is 35.6 Å². The highest BCUT2D eigenvalue weighted by Crippen LogP contribution is 2.30. The molecule has 7 heteroatoms. The van der Waals surface area contributed by atoms with E-state index in [1.807, 2.05) is 11.0 Å². The normalized spacial score (nSPS) is 22.8. The molecule has 0 spiro atoms. The van der Waals surface area contributed by atoms with E-state index < -0.39 is 6.04 Å². The van der Waals surface area contributed by atoms with E-state index in [1.54, 1.807) is 23.0 Å². The van der Waals surface area contributed by atoms with Gasteiger partial charge in [-0.1, -0.05) is 26.0 Å². The molecule has 0 saturated carbocycles. The third kappa shape index (κ3) is 4.24. The third-order valence-corrected chi connectivity index (χ3v) is 5.20. The lowest BCUT2D eigenvalue weighted by Crippen LogP contribution is -2.61. The summed E-state index contributed by atoms with van der Waals surface area (Å²) < 4.78 is 18.6. The summed E-state index contributed by atoms with van der Waals surface area (Å²) in [6, 6.07) is 5.70. The van der Waals surface area contributed by atoms with Crippen molar-refractivity contribution in [1.29, 1.82) is 0 Å². The first-order chi connectivity index (χ1) is 12.9. The molecule has 0 aliphatic carbocycles. The summed E-state index contributed by atoms with van der Waals surface area (Å²) in [5, 5.41) is 0. The Hall–Kier alpha value is -2.15. The van der Waals surface area contributed by atoms with Crippen LogP contribution in [0.5, 0.6) is 0 Å². The van der Waals surface area contributed by atoms with Gasteiger partial charge in [-0.15, -0.1) is 0 Å². The summed E-state index contributed by atoms with van der Waals surface area (Å²) in [4.78, 5) is 31.3. The summed E-state index contributed by atoms with van der Waals surface area (Å²) in [6.45, 7) is 6.54. The van der Waals surface area contributed by atoms with Crippen molar-refractivity contribution >= 4 is 11.9 Å². The van der Waals surface area contributed by atoms with Gasteiger partial charge in [-0.2, -0.15) is 0 Å². The van der Waals surface area contributed by atoms with Crippen LogP contribution in [-0.4, -0.2) is 72.1 Å². The Kier molecular flexibility index (Phi) is 5.99. The zero-order valence-electron chi connectivity index (χ0n) is 16.2. The number of methoxy groups -OCH3 is 1. The molecule has 1 aromatic rings. The number of carbonyl (C=O) groups excluding carboxylic acids is 2. The number of benzene rings is 1. The highest BCUT2D eigenvalue weighted by molar-refractivity contribution is 5.90. The van der Waals surface area contributed by atoms with Gasteiger partial charge in [0.1, 0.15) is 11.9 Å². The lowest BCUT2D eigenvalue weighted by atomic mass is 9.97. The average Bonchev–Trinajstić information content (AvgIpc) is 2.91. The highest BCUT2D eigenvalue weighted by Gasteiger charge is 2.49. The Bertz CT molecular complexity index is 697. The summed E-state index contributed by atoms with van der Waals surface area (Å²) in [5.41, 5.74) is 0.756. The van der Waals surface area contributed by atoms with Gasteiger partial charge in [0.25, 0.3) is 0 Å². The number of nitrogens with zero attached hydrogens (tertiary/aromatic N) is 3. The molecular weight excluding hydrogens is 349 g/mol. The molecule has 148 valence electrons. The number of hydrogen-bond donors (Lipinski definition) is 0. The highest BCUT2D eigenvalue weighted by atomic mass is 19.1. The first kappa shape index (κ1) is 19.6. The summed E-state index contributed by atoms with van der Waals surface area (Å²) in [7, 11) is 1.62. The van der Waals surface area contributed by atoms with Crippen molar-refractivity contribution in [1.82, 2.24) is 14.7 Å². The van der Waals surface area contributed by atoms with Gasteiger partial charge in [-0.25, -0.2) is 9.18 Å². The predicted octanol–water partition coefficient (Wildman–Crippen LogP) is 2.34. The Morgan fingerprint density at radius 1 is 1.22 bits per heavy atom. The lowest BCUT2D eigenvalue weighted by molar-refractivity contribution is -0.143. The Balaban J connectivity index is 1.79. The van der Waals surface area contributed by atoms with Crippen LogP contribution in [0, 0.1) is 11.7 Å². The van der Waals surface area contributed by atoms with Crippen molar-refractivity contribution in [3.63, 3.8) is 0 Å². The number of halogens is 1.